The lowest BCUT2D eigenvalue weighted by Gasteiger charge is -2.32. The highest BCUT2D eigenvalue weighted by atomic mass is 16.2. The first-order valence-corrected chi connectivity index (χ1v) is 10.2. The van der Waals surface area contributed by atoms with Gasteiger partial charge >= 0.3 is 0 Å². The van der Waals surface area contributed by atoms with Crippen LogP contribution in [0.25, 0.3) is 11.0 Å². The van der Waals surface area contributed by atoms with Crippen molar-refractivity contribution in [3.05, 3.63) is 30.1 Å². The van der Waals surface area contributed by atoms with Crippen molar-refractivity contribution in [1.82, 2.24) is 20.2 Å². The molecule has 1 aliphatic carbocycles. The van der Waals surface area contributed by atoms with Crippen molar-refractivity contribution in [2.24, 2.45) is 5.92 Å². The van der Waals surface area contributed by atoms with Gasteiger partial charge in [-0.25, -0.2) is 4.98 Å². The van der Waals surface area contributed by atoms with E-state index in [0.717, 1.165) is 55.5 Å². The summed E-state index contributed by atoms with van der Waals surface area (Å²) in [6, 6.07) is 7.96. The standard InChI is InChI=1S/C21H28N4O2/c26-20(12-11-19-23-17-9-1-2-10-18(17)24-19)22-16-8-3-4-13-25(14-16)21(27)15-6-5-7-15/h1-2,9-10,15-16H,3-8,11-14H2,(H,22,26)(H,23,24)/t16-/m0/s1. The molecule has 2 N–H and O–H groups in total. The van der Waals surface area contributed by atoms with Crippen molar-refractivity contribution in [2.75, 3.05) is 13.1 Å². The fraction of sp³-hybridized carbons (Fsp3) is 0.571. The number of hydrogen-bond donors (Lipinski definition) is 2. The Morgan fingerprint density at radius 2 is 2.00 bits per heavy atom. The normalized spacial score (nSPS) is 20.9. The van der Waals surface area contributed by atoms with Crippen LogP contribution in [-0.2, 0) is 16.0 Å². The molecule has 1 saturated carbocycles. The molecular formula is C21H28N4O2. The first kappa shape index (κ1) is 18.0. The fourth-order valence-electron chi connectivity index (χ4n) is 4.03. The zero-order valence-corrected chi connectivity index (χ0v) is 15.7. The van der Waals surface area contributed by atoms with Crippen LogP contribution in [0.1, 0.15) is 50.8 Å². The molecule has 1 aliphatic heterocycles. The van der Waals surface area contributed by atoms with Gasteiger partial charge in [0.25, 0.3) is 0 Å². The van der Waals surface area contributed by atoms with Crippen LogP contribution in [0.3, 0.4) is 0 Å². The van der Waals surface area contributed by atoms with Crippen LogP contribution in [0.4, 0.5) is 0 Å². The SMILES string of the molecule is O=C(CCc1nc2ccccc2[nH]1)N[C@H]1CCCCN(C(=O)C2CCC2)C1. The van der Waals surface area contributed by atoms with Crippen LogP contribution in [0.5, 0.6) is 0 Å². The summed E-state index contributed by atoms with van der Waals surface area (Å²) < 4.78 is 0. The Labute approximate surface area is 159 Å². The van der Waals surface area contributed by atoms with Gasteiger partial charge < -0.3 is 15.2 Å². The lowest BCUT2D eigenvalue weighted by atomic mass is 9.84. The summed E-state index contributed by atoms with van der Waals surface area (Å²) in [5, 5.41) is 3.15. The number of carbonyl (C=O) groups excluding carboxylic acids is 2. The second kappa shape index (κ2) is 8.11. The zero-order chi connectivity index (χ0) is 18.6. The molecule has 0 unspecified atom stereocenters. The third kappa shape index (κ3) is 4.31. The number of likely N-dealkylation sites (tertiary alicyclic amines) is 1. The van der Waals surface area contributed by atoms with Gasteiger partial charge in [0.05, 0.1) is 11.0 Å². The Kier molecular flexibility index (Phi) is 5.41. The molecule has 2 amide bonds. The molecule has 1 atom stereocenters. The minimum Gasteiger partial charge on any atom is -0.352 e. The Hall–Kier alpha value is -2.37. The van der Waals surface area contributed by atoms with Crippen molar-refractivity contribution < 1.29 is 9.59 Å². The third-order valence-corrected chi connectivity index (χ3v) is 5.83. The monoisotopic (exact) mass is 368 g/mol. The molecule has 2 fully saturated rings. The predicted octanol–water partition coefficient (Wildman–Crippen LogP) is 2.79. The number of rotatable bonds is 5. The summed E-state index contributed by atoms with van der Waals surface area (Å²) >= 11 is 0. The number of hydrogen-bond acceptors (Lipinski definition) is 3. The first-order chi connectivity index (χ1) is 13.2. The predicted molar refractivity (Wildman–Crippen MR) is 104 cm³/mol. The lowest BCUT2D eigenvalue weighted by molar-refractivity contribution is -0.138. The van der Waals surface area contributed by atoms with Gasteiger partial charge in [-0.2, -0.15) is 0 Å². The smallest absolute Gasteiger partial charge is 0.225 e. The molecule has 0 bridgehead atoms. The molecule has 6 nitrogen and oxygen atoms in total. The van der Waals surface area contributed by atoms with Crippen molar-refractivity contribution in [3.63, 3.8) is 0 Å². The van der Waals surface area contributed by atoms with Crippen molar-refractivity contribution in [1.29, 1.82) is 0 Å². The third-order valence-electron chi connectivity index (χ3n) is 5.83. The lowest BCUT2D eigenvalue weighted by Crippen LogP contribution is -2.47. The van der Waals surface area contributed by atoms with Crippen molar-refractivity contribution >= 4 is 22.8 Å². The van der Waals surface area contributed by atoms with Crippen LogP contribution >= 0.6 is 0 Å². The number of aryl methyl sites for hydroxylation is 1. The minimum absolute atomic E-state index is 0.0402. The van der Waals surface area contributed by atoms with Gasteiger partial charge in [-0.3, -0.25) is 9.59 Å². The number of aromatic amines is 1. The molecule has 1 aromatic heterocycles. The van der Waals surface area contributed by atoms with E-state index in [1.807, 2.05) is 29.2 Å². The summed E-state index contributed by atoms with van der Waals surface area (Å²) in [7, 11) is 0. The van der Waals surface area contributed by atoms with Crippen LogP contribution in [0.15, 0.2) is 24.3 Å². The molecular weight excluding hydrogens is 340 g/mol. The highest BCUT2D eigenvalue weighted by molar-refractivity contribution is 5.80. The second-order valence-electron chi connectivity index (χ2n) is 7.87. The molecule has 0 spiro atoms. The molecule has 2 aromatic rings. The van der Waals surface area contributed by atoms with E-state index in [4.69, 9.17) is 0 Å². The number of aromatic nitrogens is 2. The van der Waals surface area contributed by atoms with E-state index in [2.05, 4.69) is 15.3 Å². The van der Waals surface area contributed by atoms with E-state index < -0.39 is 0 Å². The molecule has 144 valence electrons. The number of nitrogens with one attached hydrogen (secondary N) is 2. The van der Waals surface area contributed by atoms with Gasteiger partial charge in [-0.05, 0) is 44.2 Å². The van der Waals surface area contributed by atoms with Gasteiger partial charge in [-0.15, -0.1) is 0 Å². The first-order valence-electron chi connectivity index (χ1n) is 10.2. The van der Waals surface area contributed by atoms with Gasteiger partial charge in [0.15, 0.2) is 0 Å². The van der Waals surface area contributed by atoms with E-state index in [0.29, 0.717) is 25.3 Å². The van der Waals surface area contributed by atoms with E-state index in [-0.39, 0.29) is 17.9 Å². The summed E-state index contributed by atoms with van der Waals surface area (Å²) in [4.78, 5) is 34.8. The van der Waals surface area contributed by atoms with Gasteiger partial charge in [0.1, 0.15) is 5.82 Å². The number of H-pyrrole nitrogens is 1. The topological polar surface area (TPSA) is 78.1 Å². The molecule has 0 radical (unpaired) electrons. The number of amides is 2. The highest BCUT2D eigenvalue weighted by Gasteiger charge is 2.31. The Bertz CT molecular complexity index is 778. The Balaban J connectivity index is 1.29. The van der Waals surface area contributed by atoms with Crippen molar-refractivity contribution in [3.8, 4) is 0 Å². The largest absolute Gasteiger partial charge is 0.352 e. The zero-order valence-electron chi connectivity index (χ0n) is 15.7. The minimum atomic E-state index is 0.0402. The number of fused-ring (bicyclic) bond motifs is 1. The summed E-state index contributed by atoms with van der Waals surface area (Å²) in [6.07, 6.45) is 7.28. The number of nitrogens with zero attached hydrogens (tertiary/aromatic N) is 2. The maximum atomic E-state index is 12.6. The maximum Gasteiger partial charge on any atom is 0.225 e. The summed E-state index contributed by atoms with van der Waals surface area (Å²) in [5.41, 5.74) is 1.93. The summed E-state index contributed by atoms with van der Waals surface area (Å²) in [5.74, 6) is 1.41. The van der Waals surface area contributed by atoms with Crippen LogP contribution in [-0.4, -0.2) is 45.8 Å². The second-order valence-corrected chi connectivity index (χ2v) is 7.87. The van der Waals surface area contributed by atoms with E-state index in [1.165, 1.54) is 6.42 Å². The average molecular weight is 368 g/mol. The summed E-state index contributed by atoms with van der Waals surface area (Å²) in [6.45, 7) is 1.49. The van der Waals surface area contributed by atoms with Crippen LogP contribution in [0.2, 0.25) is 0 Å². The van der Waals surface area contributed by atoms with E-state index in [9.17, 15) is 9.59 Å². The quantitative estimate of drug-likeness (QED) is 0.852. The molecule has 2 heterocycles. The molecule has 6 heteroatoms. The maximum absolute atomic E-state index is 12.6. The molecule has 1 saturated heterocycles. The number of imidazole rings is 1. The average Bonchev–Trinajstić information content (AvgIpc) is 2.89. The Morgan fingerprint density at radius 3 is 2.78 bits per heavy atom. The highest BCUT2D eigenvalue weighted by Crippen LogP contribution is 2.29. The fourth-order valence-corrected chi connectivity index (χ4v) is 4.03. The van der Waals surface area contributed by atoms with Gasteiger partial charge in [-0.1, -0.05) is 18.6 Å². The van der Waals surface area contributed by atoms with Gasteiger partial charge in [0, 0.05) is 37.9 Å². The molecule has 4 rings (SSSR count). The van der Waals surface area contributed by atoms with E-state index >= 15 is 0 Å². The van der Waals surface area contributed by atoms with Crippen LogP contribution < -0.4 is 5.32 Å². The van der Waals surface area contributed by atoms with Crippen molar-refractivity contribution in [2.45, 2.75) is 57.4 Å². The molecule has 1 aromatic carbocycles. The number of carbonyl (C=O) groups is 2. The molecule has 27 heavy (non-hydrogen) atoms. The number of para-hydroxylation sites is 2. The van der Waals surface area contributed by atoms with Crippen LogP contribution in [0, 0.1) is 5.92 Å². The Morgan fingerprint density at radius 1 is 1.15 bits per heavy atom. The molecule has 2 aliphatic rings. The van der Waals surface area contributed by atoms with Gasteiger partial charge in [0.2, 0.25) is 11.8 Å². The van der Waals surface area contributed by atoms with E-state index in [1.54, 1.807) is 0 Å². The number of benzene rings is 1.